The van der Waals surface area contributed by atoms with Crippen molar-refractivity contribution in [2.24, 2.45) is 0 Å². The summed E-state index contributed by atoms with van der Waals surface area (Å²) in [5, 5.41) is 6.50. The largest absolute Gasteiger partial charge is 0.344 e. The van der Waals surface area contributed by atoms with Crippen molar-refractivity contribution in [3.05, 3.63) is 36.0 Å². The van der Waals surface area contributed by atoms with Crippen LogP contribution in [0.3, 0.4) is 0 Å². The Bertz CT molecular complexity index is 697. The maximum atomic E-state index is 12.1. The molecule has 0 spiro atoms. The molecular weight excluding hydrogens is 254 g/mol. The van der Waals surface area contributed by atoms with Gasteiger partial charge in [-0.3, -0.25) is 14.6 Å². The van der Waals surface area contributed by atoms with Gasteiger partial charge < -0.3 is 10.6 Å². The number of carbonyl (C=O) groups is 2. The lowest BCUT2D eigenvalue weighted by atomic mass is 10.1. The zero-order valence-electron chi connectivity index (χ0n) is 11.1. The van der Waals surface area contributed by atoms with Crippen LogP contribution in [0.25, 0.3) is 10.9 Å². The van der Waals surface area contributed by atoms with Gasteiger partial charge in [0.25, 0.3) is 0 Å². The van der Waals surface area contributed by atoms with Crippen LogP contribution in [0, 0.1) is 6.92 Å². The van der Waals surface area contributed by atoms with Crippen LogP contribution in [-0.2, 0) is 9.59 Å². The Labute approximate surface area is 116 Å². The molecule has 0 radical (unpaired) electrons. The Kier molecular flexibility index (Phi) is 3.10. The van der Waals surface area contributed by atoms with Crippen molar-refractivity contribution >= 4 is 28.4 Å². The molecule has 5 heteroatoms. The number of aromatic nitrogens is 1. The summed E-state index contributed by atoms with van der Waals surface area (Å²) in [7, 11) is 0. The van der Waals surface area contributed by atoms with E-state index in [-0.39, 0.29) is 11.8 Å². The first-order valence-electron chi connectivity index (χ1n) is 6.60. The van der Waals surface area contributed by atoms with Gasteiger partial charge in [-0.05, 0) is 25.5 Å². The minimum absolute atomic E-state index is 0.0722. The van der Waals surface area contributed by atoms with E-state index in [1.54, 1.807) is 0 Å². The van der Waals surface area contributed by atoms with E-state index in [1.807, 2.05) is 37.3 Å². The van der Waals surface area contributed by atoms with Gasteiger partial charge in [0.1, 0.15) is 6.04 Å². The lowest BCUT2D eigenvalue weighted by Crippen LogP contribution is -2.37. The Hall–Kier alpha value is -2.43. The normalized spacial score (nSPS) is 18.1. The molecule has 5 nitrogen and oxygen atoms in total. The van der Waals surface area contributed by atoms with Gasteiger partial charge in [-0.15, -0.1) is 0 Å². The van der Waals surface area contributed by atoms with Gasteiger partial charge in [-0.1, -0.05) is 18.2 Å². The van der Waals surface area contributed by atoms with Gasteiger partial charge in [-0.2, -0.15) is 0 Å². The quantitative estimate of drug-likeness (QED) is 0.872. The van der Waals surface area contributed by atoms with E-state index in [2.05, 4.69) is 15.6 Å². The number of rotatable bonds is 2. The number of para-hydroxylation sites is 1. The number of nitrogens with zero attached hydrogens (tertiary/aromatic N) is 1. The van der Waals surface area contributed by atoms with Crippen molar-refractivity contribution < 1.29 is 9.59 Å². The van der Waals surface area contributed by atoms with Gasteiger partial charge in [0.05, 0.1) is 11.2 Å². The molecule has 1 aromatic carbocycles. The number of aryl methyl sites for hydroxylation is 1. The maximum absolute atomic E-state index is 12.1. The molecule has 2 heterocycles. The van der Waals surface area contributed by atoms with Crippen molar-refractivity contribution in [2.45, 2.75) is 25.8 Å². The van der Waals surface area contributed by atoms with E-state index in [0.717, 1.165) is 16.6 Å². The van der Waals surface area contributed by atoms with Crippen molar-refractivity contribution in [3.63, 3.8) is 0 Å². The van der Waals surface area contributed by atoms with Crippen molar-refractivity contribution in [1.82, 2.24) is 10.3 Å². The molecule has 1 aromatic heterocycles. The molecule has 1 saturated heterocycles. The average molecular weight is 269 g/mol. The third kappa shape index (κ3) is 2.34. The molecule has 3 rings (SSSR count). The van der Waals surface area contributed by atoms with Crippen LogP contribution in [0.5, 0.6) is 0 Å². The van der Waals surface area contributed by atoms with Crippen molar-refractivity contribution in [1.29, 1.82) is 0 Å². The number of hydrogen-bond donors (Lipinski definition) is 2. The minimum atomic E-state index is -0.442. The molecule has 2 N–H and O–H groups in total. The molecule has 1 aliphatic heterocycles. The number of anilines is 1. The van der Waals surface area contributed by atoms with Crippen molar-refractivity contribution in [3.8, 4) is 0 Å². The second-order valence-electron chi connectivity index (χ2n) is 4.98. The fourth-order valence-corrected chi connectivity index (χ4v) is 2.38. The van der Waals surface area contributed by atoms with Gasteiger partial charge in [0.15, 0.2) is 0 Å². The molecule has 2 amide bonds. The van der Waals surface area contributed by atoms with Crippen molar-refractivity contribution in [2.75, 3.05) is 5.32 Å². The smallest absolute Gasteiger partial charge is 0.247 e. The first kappa shape index (κ1) is 12.6. The molecule has 1 unspecified atom stereocenters. The van der Waals surface area contributed by atoms with Crippen LogP contribution in [0.15, 0.2) is 30.3 Å². The summed E-state index contributed by atoms with van der Waals surface area (Å²) in [5.74, 6) is -0.260. The number of carbonyl (C=O) groups excluding carboxylic acids is 2. The fraction of sp³-hybridized carbons (Fsp3) is 0.267. The van der Waals surface area contributed by atoms with E-state index < -0.39 is 6.04 Å². The summed E-state index contributed by atoms with van der Waals surface area (Å²) in [4.78, 5) is 27.8. The molecule has 0 saturated carbocycles. The summed E-state index contributed by atoms with van der Waals surface area (Å²) in [6, 6.07) is 9.12. The first-order valence-corrected chi connectivity index (χ1v) is 6.60. The number of pyridine rings is 1. The number of fused-ring (bicyclic) bond motifs is 1. The molecule has 2 aromatic rings. The van der Waals surface area contributed by atoms with Crippen LogP contribution < -0.4 is 10.6 Å². The fourth-order valence-electron chi connectivity index (χ4n) is 2.38. The summed E-state index contributed by atoms with van der Waals surface area (Å²) >= 11 is 0. The second-order valence-corrected chi connectivity index (χ2v) is 4.98. The van der Waals surface area contributed by atoms with E-state index in [1.165, 1.54) is 0 Å². The standard InChI is InChI=1S/C15H15N3O2/c1-9-5-6-10-3-2-4-11(14(10)16-9)18-15(20)12-7-8-13(19)17-12/h2-6,12H,7-8H2,1H3,(H,17,19)(H,18,20). The molecule has 1 fully saturated rings. The molecule has 20 heavy (non-hydrogen) atoms. The Morgan fingerprint density at radius 2 is 2.20 bits per heavy atom. The number of hydrogen-bond acceptors (Lipinski definition) is 3. The Morgan fingerprint density at radius 3 is 2.95 bits per heavy atom. The summed E-state index contributed by atoms with van der Waals surface area (Å²) in [5.41, 5.74) is 2.34. The highest BCUT2D eigenvalue weighted by molar-refractivity contribution is 6.04. The number of amides is 2. The average Bonchev–Trinajstić information content (AvgIpc) is 2.86. The summed E-state index contributed by atoms with van der Waals surface area (Å²) < 4.78 is 0. The zero-order valence-corrected chi connectivity index (χ0v) is 11.1. The van der Waals surface area contributed by atoms with E-state index in [4.69, 9.17) is 0 Å². The third-order valence-corrected chi connectivity index (χ3v) is 3.43. The van der Waals surface area contributed by atoms with Crippen LogP contribution in [-0.4, -0.2) is 22.8 Å². The van der Waals surface area contributed by atoms with Crippen LogP contribution >= 0.6 is 0 Å². The van der Waals surface area contributed by atoms with Crippen LogP contribution in [0.1, 0.15) is 18.5 Å². The van der Waals surface area contributed by atoms with E-state index in [9.17, 15) is 9.59 Å². The number of benzene rings is 1. The predicted octanol–water partition coefficient (Wildman–Crippen LogP) is 1.76. The maximum Gasteiger partial charge on any atom is 0.247 e. The van der Waals surface area contributed by atoms with E-state index >= 15 is 0 Å². The van der Waals surface area contributed by atoms with Gasteiger partial charge in [-0.25, -0.2) is 0 Å². The lowest BCUT2D eigenvalue weighted by molar-refractivity contribution is -0.122. The number of nitrogens with one attached hydrogen (secondary N) is 2. The van der Waals surface area contributed by atoms with E-state index in [0.29, 0.717) is 18.5 Å². The second kappa shape index (κ2) is 4.92. The third-order valence-electron chi connectivity index (χ3n) is 3.43. The minimum Gasteiger partial charge on any atom is -0.344 e. The summed E-state index contributed by atoms with van der Waals surface area (Å²) in [6.45, 7) is 1.91. The molecule has 102 valence electrons. The Balaban J connectivity index is 1.89. The highest BCUT2D eigenvalue weighted by atomic mass is 16.2. The monoisotopic (exact) mass is 269 g/mol. The highest BCUT2D eigenvalue weighted by Gasteiger charge is 2.27. The first-order chi connectivity index (χ1) is 9.63. The molecule has 1 aliphatic rings. The molecule has 1 atom stereocenters. The van der Waals surface area contributed by atoms with Crippen LogP contribution in [0.2, 0.25) is 0 Å². The lowest BCUT2D eigenvalue weighted by Gasteiger charge is -2.12. The topological polar surface area (TPSA) is 71.1 Å². The zero-order chi connectivity index (χ0) is 14.1. The molecular formula is C15H15N3O2. The van der Waals surface area contributed by atoms with Gasteiger partial charge >= 0.3 is 0 Å². The van der Waals surface area contributed by atoms with Crippen LogP contribution in [0.4, 0.5) is 5.69 Å². The highest BCUT2D eigenvalue weighted by Crippen LogP contribution is 2.22. The SMILES string of the molecule is Cc1ccc2cccc(NC(=O)C3CCC(=O)N3)c2n1. The van der Waals surface area contributed by atoms with Gasteiger partial charge in [0.2, 0.25) is 11.8 Å². The Morgan fingerprint density at radius 1 is 1.35 bits per heavy atom. The predicted molar refractivity (Wildman–Crippen MR) is 76.3 cm³/mol. The van der Waals surface area contributed by atoms with Gasteiger partial charge in [0, 0.05) is 17.5 Å². The summed E-state index contributed by atoms with van der Waals surface area (Å²) in [6.07, 6.45) is 0.951. The molecule has 0 aliphatic carbocycles. The molecule has 0 bridgehead atoms.